The van der Waals surface area contributed by atoms with Gasteiger partial charge in [0.15, 0.2) is 0 Å². The smallest absolute Gasteiger partial charge is 0.251 e. The van der Waals surface area contributed by atoms with Crippen molar-refractivity contribution in [1.29, 1.82) is 5.41 Å². The third-order valence-electron chi connectivity index (χ3n) is 6.32. The van der Waals surface area contributed by atoms with Gasteiger partial charge in [-0.3, -0.25) is 15.0 Å². The maximum Gasteiger partial charge on any atom is 0.251 e. The minimum absolute atomic E-state index is 0. The standard InChI is InChI=1S/C28H31N5O3.2ClH/c29-26(30)21-8-6-20(7-9-21)17-31-27(35)22-10-11-23-18-33(14-12-19-4-2-1-3-5-19)28(36)24(13-15-34)32-25(23)16-22;;/h1-11,16,24,32,34H,12-15,17-18H2,(H3,29,30)(H,31,35);2*1H. The van der Waals surface area contributed by atoms with Crippen LogP contribution in [0, 0.1) is 5.41 Å². The van der Waals surface area contributed by atoms with Crippen LogP contribution in [0.15, 0.2) is 72.8 Å². The zero-order valence-corrected chi connectivity index (χ0v) is 22.5. The van der Waals surface area contributed by atoms with Crippen molar-refractivity contribution in [1.82, 2.24) is 10.2 Å². The molecule has 0 saturated carbocycles. The van der Waals surface area contributed by atoms with Gasteiger partial charge in [0.05, 0.1) is 0 Å². The maximum absolute atomic E-state index is 13.2. The molecule has 8 nitrogen and oxygen atoms in total. The van der Waals surface area contributed by atoms with E-state index in [1.165, 1.54) is 0 Å². The van der Waals surface area contributed by atoms with E-state index in [4.69, 9.17) is 11.1 Å². The van der Waals surface area contributed by atoms with E-state index < -0.39 is 6.04 Å². The molecule has 1 aliphatic rings. The number of nitrogens with zero attached hydrogens (tertiary/aromatic N) is 1. The van der Waals surface area contributed by atoms with Crippen molar-refractivity contribution in [3.8, 4) is 0 Å². The third-order valence-corrected chi connectivity index (χ3v) is 6.32. The van der Waals surface area contributed by atoms with Crippen LogP contribution in [0.5, 0.6) is 0 Å². The lowest BCUT2D eigenvalue weighted by Crippen LogP contribution is -2.41. The van der Waals surface area contributed by atoms with Crippen LogP contribution in [0.1, 0.15) is 39.0 Å². The summed E-state index contributed by atoms with van der Waals surface area (Å²) in [6, 6.07) is 22.0. The molecule has 0 aliphatic carbocycles. The molecular formula is C28H33Cl2N5O3. The fraction of sp³-hybridized carbons (Fsp3) is 0.250. The zero-order chi connectivity index (χ0) is 25.5. The number of rotatable bonds is 9. The minimum Gasteiger partial charge on any atom is -0.396 e. The van der Waals surface area contributed by atoms with Crippen LogP contribution < -0.4 is 16.4 Å². The third kappa shape index (κ3) is 7.71. The van der Waals surface area contributed by atoms with Crippen LogP contribution in [-0.4, -0.2) is 46.8 Å². The van der Waals surface area contributed by atoms with Gasteiger partial charge in [-0.15, -0.1) is 24.8 Å². The number of aliphatic hydroxyl groups excluding tert-OH is 1. The van der Waals surface area contributed by atoms with E-state index in [9.17, 15) is 14.7 Å². The van der Waals surface area contributed by atoms with Crippen LogP contribution in [0.4, 0.5) is 5.69 Å². The average Bonchev–Trinajstić information content (AvgIpc) is 3.02. The molecule has 0 saturated heterocycles. The molecule has 38 heavy (non-hydrogen) atoms. The van der Waals surface area contributed by atoms with Crippen LogP contribution in [-0.2, 0) is 24.3 Å². The normalized spacial score (nSPS) is 14.2. The predicted octanol–water partition coefficient (Wildman–Crippen LogP) is 3.49. The molecule has 3 aromatic carbocycles. The highest BCUT2D eigenvalue weighted by Gasteiger charge is 2.29. The molecule has 1 aliphatic heterocycles. The second-order valence-electron chi connectivity index (χ2n) is 8.87. The van der Waals surface area contributed by atoms with E-state index in [-0.39, 0.29) is 55.5 Å². The van der Waals surface area contributed by atoms with Crippen LogP contribution in [0.2, 0.25) is 0 Å². The number of nitrogens with one attached hydrogen (secondary N) is 3. The topological polar surface area (TPSA) is 132 Å². The van der Waals surface area contributed by atoms with E-state index in [1.54, 1.807) is 24.3 Å². The highest BCUT2D eigenvalue weighted by molar-refractivity contribution is 5.96. The zero-order valence-electron chi connectivity index (χ0n) is 20.9. The number of amidine groups is 1. The molecule has 2 amide bonds. The first-order valence-corrected chi connectivity index (χ1v) is 12.0. The molecule has 1 heterocycles. The number of hydrogen-bond donors (Lipinski definition) is 5. The van der Waals surface area contributed by atoms with Crippen molar-refractivity contribution in [3.05, 3.63) is 101 Å². The maximum atomic E-state index is 13.2. The number of benzene rings is 3. The van der Waals surface area contributed by atoms with Gasteiger partial charge in [0.25, 0.3) is 5.91 Å². The van der Waals surface area contributed by atoms with Gasteiger partial charge in [0.2, 0.25) is 5.91 Å². The molecule has 1 unspecified atom stereocenters. The summed E-state index contributed by atoms with van der Waals surface area (Å²) in [4.78, 5) is 27.9. The number of nitrogen functional groups attached to an aromatic ring is 1. The Morgan fingerprint density at radius 1 is 1.03 bits per heavy atom. The number of amides is 2. The lowest BCUT2D eigenvalue weighted by atomic mass is 10.1. The van der Waals surface area contributed by atoms with Crippen molar-refractivity contribution >= 4 is 48.2 Å². The van der Waals surface area contributed by atoms with Gasteiger partial charge in [-0.05, 0) is 41.7 Å². The summed E-state index contributed by atoms with van der Waals surface area (Å²) in [7, 11) is 0. The number of carbonyl (C=O) groups is 2. The number of hydrogen-bond acceptors (Lipinski definition) is 5. The van der Waals surface area contributed by atoms with Crippen molar-refractivity contribution < 1.29 is 14.7 Å². The molecule has 4 rings (SSSR count). The van der Waals surface area contributed by atoms with Gasteiger partial charge >= 0.3 is 0 Å². The highest BCUT2D eigenvalue weighted by Crippen LogP contribution is 2.26. The first-order chi connectivity index (χ1) is 17.4. The second-order valence-corrected chi connectivity index (χ2v) is 8.87. The summed E-state index contributed by atoms with van der Waals surface area (Å²) in [5.74, 6) is -0.290. The van der Waals surface area contributed by atoms with Gasteiger partial charge in [0, 0.05) is 43.1 Å². The van der Waals surface area contributed by atoms with Crippen molar-refractivity contribution in [2.24, 2.45) is 5.73 Å². The Labute approximate surface area is 234 Å². The molecule has 6 N–H and O–H groups in total. The Hall–Kier alpha value is -3.59. The lowest BCUT2D eigenvalue weighted by molar-refractivity contribution is -0.132. The molecule has 0 aromatic heterocycles. The summed E-state index contributed by atoms with van der Waals surface area (Å²) in [6.07, 6.45) is 1.02. The Kier molecular flexibility index (Phi) is 11.6. The monoisotopic (exact) mass is 557 g/mol. The van der Waals surface area contributed by atoms with Crippen molar-refractivity contribution in [2.75, 3.05) is 18.5 Å². The molecule has 10 heteroatoms. The van der Waals surface area contributed by atoms with Crippen molar-refractivity contribution in [2.45, 2.75) is 32.0 Å². The number of fused-ring (bicyclic) bond motifs is 1. The Balaban J connectivity index is 0.00000253. The van der Waals surface area contributed by atoms with Crippen LogP contribution in [0.3, 0.4) is 0 Å². The van der Waals surface area contributed by atoms with E-state index in [0.29, 0.717) is 30.8 Å². The summed E-state index contributed by atoms with van der Waals surface area (Å²) in [5, 5.41) is 23.2. The molecule has 3 aromatic rings. The van der Waals surface area contributed by atoms with Crippen molar-refractivity contribution in [3.63, 3.8) is 0 Å². The van der Waals surface area contributed by atoms with Gasteiger partial charge < -0.3 is 26.4 Å². The summed E-state index contributed by atoms with van der Waals surface area (Å²) < 4.78 is 0. The molecular weight excluding hydrogens is 525 g/mol. The Morgan fingerprint density at radius 3 is 2.37 bits per heavy atom. The van der Waals surface area contributed by atoms with Gasteiger partial charge in [-0.25, -0.2) is 0 Å². The lowest BCUT2D eigenvalue weighted by Gasteiger charge is -2.24. The molecule has 202 valence electrons. The van der Waals surface area contributed by atoms with Gasteiger partial charge in [-0.2, -0.15) is 0 Å². The number of carbonyl (C=O) groups excluding carboxylic acids is 2. The fourth-order valence-electron chi connectivity index (χ4n) is 4.25. The molecule has 0 bridgehead atoms. The van der Waals surface area contributed by atoms with E-state index >= 15 is 0 Å². The van der Waals surface area contributed by atoms with Crippen LogP contribution >= 0.6 is 24.8 Å². The summed E-state index contributed by atoms with van der Waals surface area (Å²) in [5.41, 5.74) is 10.3. The van der Waals surface area contributed by atoms with Gasteiger partial charge in [0.1, 0.15) is 11.9 Å². The van der Waals surface area contributed by atoms with E-state index in [2.05, 4.69) is 10.6 Å². The second kappa shape index (κ2) is 14.4. The first kappa shape index (κ1) is 30.6. The highest BCUT2D eigenvalue weighted by atomic mass is 35.5. The SMILES string of the molecule is Cl.Cl.N=C(N)c1ccc(CNC(=O)c2ccc3c(c2)NC(CCO)C(=O)N(CCc2ccccc2)C3)cc1. The Morgan fingerprint density at radius 2 is 1.71 bits per heavy atom. The quantitative estimate of drug-likeness (QED) is 0.203. The van der Waals surface area contributed by atoms with E-state index in [1.807, 2.05) is 53.4 Å². The van der Waals surface area contributed by atoms with Gasteiger partial charge in [-0.1, -0.05) is 60.7 Å². The number of halogens is 2. The largest absolute Gasteiger partial charge is 0.396 e. The molecule has 0 fully saturated rings. The average molecular weight is 559 g/mol. The molecule has 1 atom stereocenters. The Bertz CT molecular complexity index is 1240. The number of aliphatic hydroxyl groups is 1. The molecule has 0 spiro atoms. The first-order valence-electron chi connectivity index (χ1n) is 12.0. The summed E-state index contributed by atoms with van der Waals surface area (Å²) >= 11 is 0. The van der Waals surface area contributed by atoms with Crippen LogP contribution in [0.25, 0.3) is 0 Å². The minimum atomic E-state index is -0.565. The summed E-state index contributed by atoms with van der Waals surface area (Å²) in [6.45, 7) is 1.21. The van der Waals surface area contributed by atoms with E-state index in [0.717, 1.165) is 28.8 Å². The number of anilines is 1. The number of nitrogens with two attached hydrogens (primary N) is 1. The fourth-order valence-corrected chi connectivity index (χ4v) is 4.25. The predicted molar refractivity (Wildman–Crippen MR) is 154 cm³/mol. The molecule has 0 radical (unpaired) electrons.